The molecule has 0 aliphatic rings. The Morgan fingerprint density at radius 2 is 2.00 bits per heavy atom. The topological polar surface area (TPSA) is 75.1 Å². The predicted octanol–water partition coefficient (Wildman–Crippen LogP) is 4.17. The molecule has 3 rings (SSSR count). The lowest BCUT2D eigenvalue weighted by Gasteiger charge is -2.13. The van der Waals surface area contributed by atoms with Crippen LogP contribution in [0.2, 0.25) is 0 Å². The molecule has 0 amide bonds. The minimum absolute atomic E-state index is 0.133. The molecule has 0 saturated carbocycles. The minimum Gasteiger partial charge on any atom is -0.396 e. The second kappa shape index (κ2) is 8.21. The van der Waals surface area contributed by atoms with E-state index in [9.17, 15) is 4.79 Å². The Morgan fingerprint density at radius 1 is 1.23 bits per heavy atom. The molecule has 134 valence electrons. The van der Waals surface area contributed by atoms with Crippen LogP contribution in [0.5, 0.6) is 0 Å². The van der Waals surface area contributed by atoms with Crippen LogP contribution in [-0.4, -0.2) is 28.0 Å². The van der Waals surface area contributed by atoms with Crippen LogP contribution in [0, 0.1) is 6.92 Å². The fourth-order valence-electron chi connectivity index (χ4n) is 2.77. The van der Waals surface area contributed by atoms with Crippen LogP contribution in [0.15, 0.2) is 35.7 Å². The smallest absolute Gasteiger partial charge is 0.171 e. The van der Waals surface area contributed by atoms with Crippen LogP contribution in [0.1, 0.15) is 34.1 Å². The zero-order valence-corrected chi connectivity index (χ0v) is 15.6. The van der Waals surface area contributed by atoms with Crippen molar-refractivity contribution in [2.45, 2.75) is 26.7 Å². The highest BCUT2D eigenvalue weighted by Gasteiger charge is 2.13. The summed E-state index contributed by atoms with van der Waals surface area (Å²) in [6.45, 7) is 4.21. The zero-order chi connectivity index (χ0) is 18.5. The van der Waals surface area contributed by atoms with Crippen molar-refractivity contribution in [1.29, 1.82) is 0 Å². The van der Waals surface area contributed by atoms with Crippen LogP contribution in [0.25, 0.3) is 10.7 Å². The first kappa shape index (κ1) is 18.2. The number of hydrogen-bond donors (Lipinski definition) is 2. The lowest BCUT2D eigenvalue weighted by molar-refractivity contribution is 0.112. The van der Waals surface area contributed by atoms with Crippen LogP contribution >= 0.6 is 11.3 Å². The summed E-state index contributed by atoms with van der Waals surface area (Å²) < 4.78 is 0. The summed E-state index contributed by atoms with van der Waals surface area (Å²) in [4.78, 5) is 21.2. The summed E-state index contributed by atoms with van der Waals surface area (Å²) in [5, 5.41) is 14.5. The number of carbonyl (C=O) groups excluding carboxylic acids is 1. The van der Waals surface area contributed by atoms with E-state index in [4.69, 9.17) is 10.1 Å². The zero-order valence-electron chi connectivity index (χ0n) is 14.8. The van der Waals surface area contributed by atoms with Crippen LogP contribution in [-0.2, 0) is 12.8 Å². The summed E-state index contributed by atoms with van der Waals surface area (Å²) in [5.74, 6) is 1.46. The Balaban J connectivity index is 1.96. The molecule has 1 aromatic carbocycles. The van der Waals surface area contributed by atoms with Gasteiger partial charge in [0.05, 0.1) is 4.88 Å². The monoisotopic (exact) mass is 367 g/mol. The van der Waals surface area contributed by atoms with Gasteiger partial charge in [0.15, 0.2) is 5.82 Å². The molecule has 0 atom stereocenters. The first-order chi connectivity index (χ1) is 12.6. The minimum atomic E-state index is 0.133. The van der Waals surface area contributed by atoms with Gasteiger partial charge in [0.1, 0.15) is 12.1 Å². The van der Waals surface area contributed by atoms with Gasteiger partial charge < -0.3 is 10.4 Å². The summed E-state index contributed by atoms with van der Waals surface area (Å²) in [7, 11) is 0. The Hall–Kier alpha value is -2.57. The van der Waals surface area contributed by atoms with Crippen molar-refractivity contribution < 1.29 is 9.90 Å². The number of aromatic nitrogens is 2. The number of nitrogens with one attached hydrogen (secondary N) is 1. The molecular formula is C20H21N3O2S. The summed E-state index contributed by atoms with van der Waals surface area (Å²) >= 11 is 1.58. The van der Waals surface area contributed by atoms with Crippen molar-refractivity contribution in [2.24, 2.45) is 0 Å². The van der Waals surface area contributed by atoms with Crippen LogP contribution in [0.4, 0.5) is 11.5 Å². The average Bonchev–Trinajstić information content (AvgIpc) is 3.11. The highest BCUT2D eigenvalue weighted by molar-refractivity contribution is 7.13. The van der Waals surface area contributed by atoms with Crippen molar-refractivity contribution in [3.8, 4) is 10.7 Å². The van der Waals surface area contributed by atoms with Gasteiger partial charge in [0.2, 0.25) is 0 Å². The van der Waals surface area contributed by atoms with Crippen molar-refractivity contribution in [3.63, 3.8) is 0 Å². The lowest BCUT2D eigenvalue weighted by atomic mass is 10.1. The van der Waals surface area contributed by atoms with Gasteiger partial charge in [-0.2, -0.15) is 0 Å². The first-order valence-corrected chi connectivity index (χ1v) is 9.41. The molecule has 0 spiro atoms. The first-order valence-electron chi connectivity index (χ1n) is 8.53. The number of thiophene rings is 1. The number of rotatable bonds is 7. The highest BCUT2D eigenvalue weighted by Crippen LogP contribution is 2.29. The molecule has 0 unspecified atom stereocenters. The maximum atomic E-state index is 10.8. The SMILES string of the molecule is CCc1c(C)nc(-c2cc(CCO)cs2)nc1Nc1ccc(C=O)cc1. The van der Waals surface area contributed by atoms with Crippen molar-refractivity contribution in [2.75, 3.05) is 11.9 Å². The number of benzene rings is 1. The Kier molecular flexibility index (Phi) is 5.75. The lowest BCUT2D eigenvalue weighted by Crippen LogP contribution is -2.05. The molecule has 0 radical (unpaired) electrons. The van der Waals surface area contributed by atoms with E-state index in [1.54, 1.807) is 23.5 Å². The second-order valence-electron chi connectivity index (χ2n) is 5.97. The van der Waals surface area contributed by atoms with Crippen LogP contribution < -0.4 is 5.32 Å². The number of carbonyl (C=O) groups is 1. The van der Waals surface area contributed by atoms with E-state index >= 15 is 0 Å². The Bertz CT molecular complexity index is 904. The van der Waals surface area contributed by atoms with Gasteiger partial charge in [-0.25, -0.2) is 9.97 Å². The third-order valence-electron chi connectivity index (χ3n) is 4.15. The van der Waals surface area contributed by atoms with Gasteiger partial charge >= 0.3 is 0 Å². The van der Waals surface area contributed by atoms with Gasteiger partial charge in [-0.15, -0.1) is 11.3 Å². The number of nitrogens with zero attached hydrogens (tertiary/aromatic N) is 2. The van der Waals surface area contributed by atoms with Gasteiger partial charge in [0, 0.05) is 29.1 Å². The maximum absolute atomic E-state index is 10.8. The predicted molar refractivity (Wildman–Crippen MR) is 105 cm³/mol. The van der Waals surface area contributed by atoms with Gasteiger partial charge in [-0.3, -0.25) is 4.79 Å². The molecule has 6 heteroatoms. The number of aliphatic hydroxyl groups excluding tert-OH is 1. The fraction of sp³-hybridized carbons (Fsp3) is 0.250. The summed E-state index contributed by atoms with van der Waals surface area (Å²) in [5.41, 5.74) is 4.62. The summed E-state index contributed by atoms with van der Waals surface area (Å²) in [6, 6.07) is 9.31. The van der Waals surface area contributed by atoms with Gasteiger partial charge in [-0.1, -0.05) is 6.92 Å². The molecule has 0 aliphatic carbocycles. The number of aryl methyl sites for hydroxylation is 1. The molecule has 0 saturated heterocycles. The van der Waals surface area contributed by atoms with Gasteiger partial charge in [0.25, 0.3) is 0 Å². The fourth-order valence-corrected chi connectivity index (χ4v) is 3.65. The van der Waals surface area contributed by atoms with Gasteiger partial charge in [-0.05, 0) is 61.0 Å². The number of hydrogen-bond acceptors (Lipinski definition) is 6. The maximum Gasteiger partial charge on any atom is 0.171 e. The molecular weight excluding hydrogens is 346 g/mol. The Morgan fingerprint density at radius 3 is 2.65 bits per heavy atom. The molecule has 0 aliphatic heterocycles. The second-order valence-corrected chi connectivity index (χ2v) is 6.88. The van der Waals surface area contributed by atoms with Crippen LogP contribution in [0.3, 0.4) is 0 Å². The molecule has 3 aromatic rings. The number of aliphatic hydroxyl groups is 1. The average molecular weight is 367 g/mol. The van der Waals surface area contributed by atoms with E-state index in [2.05, 4.69) is 17.2 Å². The van der Waals surface area contributed by atoms with Crippen molar-refractivity contribution >= 4 is 29.1 Å². The number of aldehydes is 1. The normalized spacial score (nSPS) is 10.7. The summed E-state index contributed by atoms with van der Waals surface area (Å²) in [6.07, 6.45) is 2.28. The number of anilines is 2. The highest BCUT2D eigenvalue weighted by atomic mass is 32.1. The van der Waals surface area contributed by atoms with E-state index in [1.165, 1.54) is 0 Å². The molecule has 2 N–H and O–H groups in total. The van der Waals surface area contributed by atoms with E-state index in [1.807, 2.05) is 30.5 Å². The van der Waals surface area contributed by atoms with Crippen molar-refractivity contribution in [1.82, 2.24) is 9.97 Å². The third kappa shape index (κ3) is 3.98. The largest absolute Gasteiger partial charge is 0.396 e. The van der Waals surface area contributed by atoms with E-state index in [0.29, 0.717) is 17.8 Å². The molecule has 2 heterocycles. The standard InChI is InChI=1S/C20H21N3O2S/c1-3-17-13(2)21-20(18-10-15(8-9-24)12-26-18)23-19(17)22-16-6-4-14(11-25)5-7-16/h4-7,10-12,24H,3,8-9H2,1-2H3,(H,21,22,23). The quantitative estimate of drug-likeness (QED) is 0.613. The third-order valence-corrected chi connectivity index (χ3v) is 5.13. The van der Waals surface area contributed by atoms with E-state index in [-0.39, 0.29) is 6.61 Å². The molecule has 5 nitrogen and oxygen atoms in total. The molecule has 2 aromatic heterocycles. The molecule has 26 heavy (non-hydrogen) atoms. The molecule has 0 bridgehead atoms. The van der Waals surface area contributed by atoms with E-state index in [0.717, 1.165) is 45.9 Å². The molecule has 0 fully saturated rings. The van der Waals surface area contributed by atoms with Crippen molar-refractivity contribution in [3.05, 3.63) is 58.1 Å². The van der Waals surface area contributed by atoms with E-state index < -0.39 is 0 Å². The Labute approximate surface area is 156 Å².